The molecule has 1 aliphatic heterocycles. The van der Waals surface area contributed by atoms with Gasteiger partial charge in [0.1, 0.15) is 29.0 Å². The smallest absolute Gasteiger partial charge is 0.225 e. The van der Waals surface area contributed by atoms with E-state index in [1.54, 1.807) is 0 Å². The number of piperidine rings is 1. The van der Waals surface area contributed by atoms with Crippen molar-refractivity contribution in [1.82, 2.24) is 9.97 Å². The number of hydrogen-bond donors (Lipinski definition) is 1. The number of halogens is 4. The molecule has 0 bridgehead atoms. The number of rotatable bonds is 7. The molecule has 5 nitrogen and oxygen atoms in total. The molecule has 1 aromatic heterocycles. The zero-order valence-corrected chi connectivity index (χ0v) is 19.7. The van der Waals surface area contributed by atoms with Gasteiger partial charge in [-0.3, -0.25) is 4.99 Å². The van der Waals surface area contributed by atoms with Crippen LogP contribution < -0.4 is 10.2 Å². The van der Waals surface area contributed by atoms with Crippen LogP contribution in [-0.4, -0.2) is 42.9 Å². The summed E-state index contributed by atoms with van der Waals surface area (Å²) in [6.45, 7) is 3.98. The second-order valence-corrected chi connectivity index (χ2v) is 8.61. The van der Waals surface area contributed by atoms with E-state index in [0.717, 1.165) is 68.4 Å². The SMILES string of the molecule is CCc1cnc(N2CCC(CNc3c(F)cc(-c4cc(F)c(C=NC)c(F)c4)cc3F)CC2)nc1. The Morgan fingerprint density at radius 2 is 1.49 bits per heavy atom. The van der Waals surface area contributed by atoms with E-state index >= 15 is 0 Å². The molecule has 9 heteroatoms. The molecule has 1 fully saturated rings. The average Bonchev–Trinajstić information content (AvgIpc) is 2.86. The Balaban J connectivity index is 1.39. The number of benzene rings is 2. The van der Waals surface area contributed by atoms with Crippen molar-refractivity contribution in [1.29, 1.82) is 0 Å². The predicted octanol–water partition coefficient (Wildman–Crippen LogP) is 5.64. The maximum absolute atomic E-state index is 14.8. The minimum Gasteiger partial charge on any atom is -0.380 e. The summed E-state index contributed by atoms with van der Waals surface area (Å²) in [6, 6.07) is 4.23. The number of nitrogens with one attached hydrogen (secondary N) is 1. The van der Waals surface area contributed by atoms with Gasteiger partial charge in [0.15, 0.2) is 0 Å². The number of aromatic nitrogens is 2. The summed E-state index contributed by atoms with van der Waals surface area (Å²) in [5, 5.41) is 2.88. The Bertz CT molecular complexity index is 1160. The Labute approximate surface area is 201 Å². The van der Waals surface area contributed by atoms with Gasteiger partial charge in [0.25, 0.3) is 0 Å². The molecule has 0 spiro atoms. The monoisotopic (exact) mass is 485 g/mol. The Morgan fingerprint density at radius 3 is 2.00 bits per heavy atom. The van der Waals surface area contributed by atoms with Gasteiger partial charge in [-0.2, -0.15) is 0 Å². The molecule has 0 aliphatic carbocycles. The number of aryl methyl sites for hydroxylation is 1. The van der Waals surface area contributed by atoms with Gasteiger partial charge in [-0.15, -0.1) is 0 Å². The lowest BCUT2D eigenvalue weighted by molar-refractivity contribution is 0.418. The highest BCUT2D eigenvalue weighted by atomic mass is 19.1. The van der Waals surface area contributed by atoms with Gasteiger partial charge in [-0.1, -0.05) is 6.92 Å². The van der Waals surface area contributed by atoms with Crippen molar-refractivity contribution in [2.24, 2.45) is 10.9 Å². The second-order valence-electron chi connectivity index (χ2n) is 8.61. The number of aliphatic imine (C=N–C) groups is 1. The van der Waals surface area contributed by atoms with Crippen LogP contribution in [0.1, 0.15) is 30.9 Å². The third kappa shape index (κ3) is 5.61. The quantitative estimate of drug-likeness (QED) is 0.348. The second kappa shape index (κ2) is 10.8. The lowest BCUT2D eigenvalue weighted by Crippen LogP contribution is -2.37. The van der Waals surface area contributed by atoms with E-state index in [9.17, 15) is 17.6 Å². The number of hydrogen-bond acceptors (Lipinski definition) is 5. The van der Waals surface area contributed by atoms with Crippen molar-refractivity contribution in [3.8, 4) is 11.1 Å². The molecular formula is C26H27F4N5. The van der Waals surface area contributed by atoms with Crippen molar-refractivity contribution in [2.75, 3.05) is 36.9 Å². The van der Waals surface area contributed by atoms with E-state index in [1.165, 1.54) is 7.05 Å². The van der Waals surface area contributed by atoms with E-state index in [2.05, 4.69) is 32.1 Å². The Hall–Kier alpha value is -3.49. The van der Waals surface area contributed by atoms with Crippen LogP contribution in [0.3, 0.4) is 0 Å². The zero-order chi connectivity index (χ0) is 24.9. The topological polar surface area (TPSA) is 53.4 Å². The molecule has 1 saturated heterocycles. The summed E-state index contributed by atoms with van der Waals surface area (Å²) in [5.41, 5.74) is 0.627. The molecule has 2 heterocycles. The van der Waals surface area contributed by atoms with E-state index in [0.29, 0.717) is 12.5 Å². The van der Waals surface area contributed by atoms with E-state index in [-0.39, 0.29) is 28.3 Å². The number of anilines is 2. The molecule has 1 N–H and O–H groups in total. The van der Waals surface area contributed by atoms with Gasteiger partial charge in [-0.05, 0) is 66.1 Å². The Morgan fingerprint density at radius 1 is 0.943 bits per heavy atom. The summed E-state index contributed by atoms with van der Waals surface area (Å²) in [6.07, 6.45) is 7.28. The van der Waals surface area contributed by atoms with Crippen LogP contribution in [0.15, 0.2) is 41.7 Å². The fourth-order valence-electron chi connectivity index (χ4n) is 4.19. The molecule has 0 saturated carbocycles. The van der Waals surface area contributed by atoms with Crippen LogP contribution in [-0.2, 0) is 6.42 Å². The summed E-state index contributed by atoms with van der Waals surface area (Å²) in [7, 11) is 1.39. The van der Waals surface area contributed by atoms with Crippen molar-refractivity contribution in [3.05, 3.63) is 71.1 Å². The third-order valence-corrected chi connectivity index (χ3v) is 6.28. The lowest BCUT2D eigenvalue weighted by atomic mass is 9.96. The largest absolute Gasteiger partial charge is 0.380 e. The van der Waals surface area contributed by atoms with Crippen molar-refractivity contribution >= 4 is 17.9 Å². The Kier molecular flexibility index (Phi) is 7.63. The maximum Gasteiger partial charge on any atom is 0.225 e. The van der Waals surface area contributed by atoms with Gasteiger partial charge in [0, 0.05) is 45.3 Å². The fourth-order valence-corrected chi connectivity index (χ4v) is 4.19. The summed E-state index contributed by atoms with van der Waals surface area (Å²) in [5.74, 6) is -2.41. The molecule has 2 aromatic carbocycles. The van der Waals surface area contributed by atoms with Gasteiger partial charge >= 0.3 is 0 Å². The minimum atomic E-state index is -0.855. The highest BCUT2D eigenvalue weighted by molar-refractivity contribution is 5.82. The molecular weight excluding hydrogens is 458 g/mol. The van der Waals surface area contributed by atoms with Gasteiger partial charge in [0.2, 0.25) is 5.95 Å². The molecule has 35 heavy (non-hydrogen) atoms. The first-order valence-electron chi connectivity index (χ1n) is 11.6. The normalized spacial score (nSPS) is 14.6. The first-order chi connectivity index (χ1) is 16.9. The minimum absolute atomic E-state index is 0.0409. The van der Waals surface area contributed by atoms with E-state index < -0.39 is 23.3 Å². The fraction of sp³-hybridized carbons (Fsp3) is 0.346. The molecule has 0 radical (unpaired) electrons. The van der Waals surface area contributed by atoms with Crippen LogP contribution in [0.4, 0.5) is 29.2 Å². The van der Waals surface area contributed by atoms with Crippen LogP contribution in [0.25, 0.3) is 11.1 Å². The maximum atomic E-state index is 14.8. The third-order valence-electron chi connectivity index (χ3n) is 6.28. The first kappa shape index (κ1) is 24.6. The molecule has 0 unspecified atom stereocenters. The zero-order valence-electron chi connectivity index (χ0n) is 19.7. The molecule has 1 aliphatic rings. The van der Waals surface area contributed by atoms with Crippen molar-refractivity contribution in [2.45, 2.75) is 26.2 Å². The molecule has 184 valence electrons. The van der Waals surface area contributed by atoms with E-state index in [1.807, 2.05) is 12.4 Å². The average molecular weight is 486 g/mol. The first-order valence-corrected chi connectivity index (χ1v) is 11.6. The highest BCUT2D eigenvalue weighted by Crippen LogP contribution is 2.30. The lowest BCUT2D eigenvalue weighted by Gasteiger charge is -2.32. The molecule has 0 atom stereocenters. The van der Waals surface area contributed by atoms with Crippen molar-refractivity contribution < 1.29 is 17.6 Å². The highest BCUT2D eigenvalue weighted by Gasteiger charge is 2.22. The number of nitrogens with zero attached hydrogens (tertiary/aromatic N) is 4. The van der Waals surface area contributed by atoms with Crippen LogP contribution >= 0.6 is 0 Å². The standard InChI is InChI=1S/C26H27F4N5/c1-3-16-12-33-26(34-13-16)35-6-4-17(5-7-35)14-32-25-23(29)10-19(11-24(25)30)18-8-21(27)20(15-31-2)22(28)9-18/h8-13,15,17,32H,3-7,14H2,1-2H3. The van der Waals surface area contributed by atoms with Crippen molar-refractivity contribution in [3.63, 3.8) is 0 Å². The van der Waals surface area contributed by atoms with Gasteiger partial charge in [-0.25, -0.2) is 27.5 Å². The molecule has 4 rings (SSSR count). The molecule has 3 aromatic rings. The summed E-state index contributed by atoms with van der Waals surface area (Å²) < 4.78 is 58.0. The van der Waals surface area contributed by atoms with Gasteiger partial charge < -0.3 is 10.2 Å². The summed E-state index contributed by atoms with van der Waals surface area (Å²) in [4.78, 5) is 14.6. The predicted molar refractivity (Wildman–Crippen MR) is 130 cm³/mol. The molecule has 0 amide bonds. The van der Waals surface area contributed by atoms with Crippen LogP contribution in [0.2, 0.25) is 0 Å². The summed E-state index contributed by atoms with van der Waals surface area (Å²) >= 11 is 0. The van der Waals surface area contributed by atoms with E-state index in [4.69, 9.17) is 0 Å². The van der Waals surface area contributed by atoms with Crippen LogP contribution in [0, 0.1) is 29.2 Å². The van der Waals surface area contributed by atoms with Gasteiger partial charge in [0.05, 0.1) is 5.56 Å². The van der Waals surface area contributed by atoms with Crippen LogP contribution in [0.5, 0.6) is 0 Å².